The van der Waals surface area contributed by atoms with Crippen molar-refractivity contribution in [1.29, 1.82) is 0 Å². The Morgan fingerprint density at radius 2 is 1.76 bits per heavy atom. The van der Waals surface area contributed by atoms with E-state index in [0.29, 0.717) is 5.92 Å². The summed E-state index contributed by atoms with van der Waals surface area (Å²) in [6.45, 7) is 10.0. The highest BCUT2D eigenvalue weighted by atomic mass is 16.2. The van der Waals surface area contributed by atoms with Gasteiger partial charge in [0.1, 0.15) is 0 Å². The molecule has 4 heteroatoms. The maximum atomic E-state index is 11.9. The Morgan fingerprint density at radius 1 is 1.24 bits per heavy atom. The van der Waals surface area contributed by atoms with E-state index in [-0.39, 0.29) is 24.0 Å². The minimum absolute atomic E-state index is 0.0218. The molecule has 2 atom stereocenters. The van der Waals surface area contributed by atoms with Gasteiger partial charge in [-0.3, -0.25) is 9.69 Å². The lowest BCUT2D eigenvalue weighted by Crippen LogP contribution is -2.50. The molecule has 0 aromatic heterocycles. The lowest BCUT2D eigenvalue weighted by atomic mass is 9.90. The van der Waals surface area contributed by atoms with Gasteiger partial charge >= 0.3 is 0 Å². The molecular weight excluding hydrogens is 214 g/mol. The number of amides is 1. The molecule has 1 amide bonds. The standard InChI is InChI=1S/C13H27N3O/c1-9(2)15-13(17)11(4)16-7-5-12(6-8-16)10(3)14/h9-12H,5-8,14H2,1-4H3,(H,15,17). The van der Waals surface area contributed by atoms with Gasteiger partial charge in [0.2, 0.25) is 5.91 Å². The Morgan fingerprint density at radius 3 is 2.18 bits per heavy atom. The van der Waals surface area contributed by atoms with Crippen LogP contribution in [0, 0.1) is 5.92 Å². The topological polar surface area (TPSA) is 58.4 Å². The molecule has 100 valence electrons. The van der Waals surface area contributed by atoms with Gasteiger partial charge in [-0.25, -0.2) is 0 Å². The first-order chi connectivity index (χ1) is 7.91. The number of nitrogens with zero attached hydrogens (tertiary/aromatic N) is 1. The van der Waals surface area contributed by atoms with Gasteiger partial charge in [-0.15, -0.1) is 0 Å². The van der Waals surface area contributed by atoms with Crippen molar-refractivity contribution >= 4 is 5.91 Å². The van der Waals surface area contributed by atoms with Crippen LogP contribution in [-0.2, 0) is 4.79 Å². The molecule has 0 aliphatic carbocycles. The zero-order valence-electron chi connectivity index (χ0n) is 11.6. The second-order valence-electron chi connectivity index (χ2n) is 5.57. The maximum Gasteiger partial charge on any atom is 0.237 e. The molecule has 0 aromatic rings. The smallest absolute Gasteiger partial charge is 0.237 e. The van der Waals surface area contributed by atoms with Crippen LogP contribution in [0.5, 0.6) is 0 Å². The normalized spacial score (nSPS) is 22.5. The fourth-order valence-electron chi connectivity index (χ4n) is 2.40. The number of nitrogens with one attached hydrogen (secondary N) is 1. The highest BCUT2D eigenvalue weighted by Gasteiger charge is 2.27. The summed E-state index contributed by atoms with van der Waals surface area (Å²) in [5.74, 6) is 0.755. The summed E-state index contributed by atoms with van der Waals surface area (Å²) in [4.78, 5) is 14.2. The quantitative estimate of drug-likeness (QED) is 0.771. The molecule has 1 fully saturated rings. The van der Waals surface area contributed by atoms with Gasteiger partial charge in [0.15, 0.2) is 0 Å². The number of likely N-dealkylation sites (tertiary alicyclic amines) is 1. The second-order valence-corrected chi connectivity index (χ2v) is 5.57. The van der Waals surface area contributed by atoms with Crippen LogP contribution >= 0.6 is 0 Å². The predicted molar refractivity (Wildman–Crippen MR) is 70.7 cm³/mol. The van der Waals surface area contributed by atoms with Crippen LogP contribution in [0.2, 0.25) is 0 Å². The van der Waals surface area contributed by atoms with Crippen LogP contribution in [0.1, 0.15) is 40.5 Å². The van der Waals surface area contributed by atoms with Crippen molar-refractivity contribution in [2.24, 2.45) is 11.7 Å². The van der Waals surface area contributed by atoms with E-state index in [1.54, 1.807) is 0 Å². The summed E-state index contributed by atoms with van der Waals surface area (Å²) in [6, 6.07) is 0.468. The third-order valence-corrected chi connectivity index (χ3v) is 3.68. The molecule has 0 bridgehead atoms. The summed E-state index contributed by atoms with van der Waals surface area (Å²) in [5.41, 5.74) is 5.92. The molecule has 3 N–H and O–H groups in total. The summed E-state index contributed by atoms with van der Waals surface area (Å²) in [7, 11) is 0. The highest BCUT2D eigenvalue weighted by molar-refractivity contribution is 5.81. The molecule has 4 nitrogen and oxygen atoms in total. The molecule has 17 heavy (non-hydrogen) atoms. The number of piperidine rings is 1. The van der Waals surface area contributed by atoms with Crippen LogP contribution in [-0.4, -0.2) is 42.0 Å². The van der Waals surface area contributed by atoms with Gasteiger partial charge in [-0.1, -0.05) is 0 Å². The third-order valence-electron chi connectivity index (χ3n) is 3.68. The predicted octanol–water partition coefficient (Wildman–Crippen LogP) is 0.959. The SMILES string of the molecule is CC(C)NC(=O)C(C)N1CCC(C(C)N)CC1. The van der Waals surface area contributed by atoms with E-state index in [9.17, 15) is 4.79 Å². The Kier molecular flexibility index (Phi) is 5.40. The Bertz CT molecular complexity index is 245. The number of carbonyl (C=O) groups excluding carboxylic acids is 1. The molecule has 0 saturated carbocycles. The fourth-order valence-corrected chi connectivity index (χ4v) is 2.40. The first-order valence-electron chi connectivity index (χ1n) is 6.71. The van der Waals surface area contributed by atoms with Crippen LogP contribution in [0.15, 0.2) is 0 Å². The van der Waals surface area contributed by atoms with E-state index >= 15 is 0 Å². The van der Waals surface area contributed by atoms with E-state index in [1.807, 2.05) is 20.8 Å². The molecule has 0 radical (unpaired) electrons. The van der Waals surface area contributed by atoms with E-state index in [4.69, 9.17) is 5.73 Å². The van der Waals surface area contributed by atoms with Crippen LogP contribution < -0.4 is 11.1 Å². The van der Waals surface area contributed by atoms with Gasteiger partial charge in [-0.05, 0) is 59.5 Å². The first-order valence-corrected chi connectivity index (χ1v) is 6.71. The van der Waals surface area contributed by atoms with Crippen molar-refractivity contribution in [3.05, 3.63) is 0 Å². The molecule has 1 aliphatic rings. The lowest BCUT2D eigenvalue weighted by Gasteiger charge is -2.36. The second kappa shape index (κ2) is 6.36. The molecule has 0 spiro atoms. The van der Waals surface area contributed by atoms with Crippen LogP contribution in [0.25, 0.3) is 0 Å². The Balaban J connectivity index is 2.40. The van der Waals surface area contributed by atoms with Gasteiger partial charge in [0.05, 0.1) is 6.04 Å². The minimum Gasteiger partial charge on any atom is -0.353 e. The average molecular weight is 241 g/mol. The number of carbonyl (C=O) groups is 1. The zero-order valence-corrected chi connectivity index (χ0v) is 11.6. The molecule has 1 aliphatic heterocycles. The van der Waals surface area contributed by atoms with Gasteiger partial charge in [0.25, 0.3) is 0 Å². The molecule has 2 unspecified atom stereocenters. The largest absolute Gasteiger partial charge is 0.353 e. The van der Waals surface area contributed by atoms with Gasteiger partial charge in [0, 0.05) is 12.1 Å². The Labute approximate surface area is 105 Å². The van der Waals surface area contributed by atoms with E-state index < -0.39 is 0 Å². The summed E-state index contributed by atoms with van der Waals surface area (Å²) in [5, 5.41) is 2.97. The molecule has 1 saturated heterocycles. The molecule has 0 aromatic carbocycles. The van der Waals surface area contributed by atoms with Gasteiger partial charge < -0.3 is 11.1 Å². The third kappa shape index (κ3) is 4.28. The van der Waals surface area contributed by atoms with Crippen molar-refractivity contribution in [3.63, 3.8) is 0 Å². The van der Waals surface area contributed by atoms with Crippen molar-refractivity contribution in [2.75, 3.05) is 13.1 Å². The number of hydrogen-bond donors (Lipinski definition) is 2. The van der Waals surface area contributed by atoms with Crippen LogP contribution in [0.3, 0.4) is 0 Å². The summed E-state index contributed by atoms with van der Waals surface area (Å²) in [6.07, 6.45) is 2.22. The lowest BCUT2D eigenvalue weighted by molar-refractivity contribution is -0.127. The highest BCUT2D eigenvalue weighted by Crippen LogP contribution is 2.21. The van der Waals surface area contributed by atoms with Gasteiger partial charge in [-0.2, -0.15) is 0 Å². The number of rotatable bonds is 4. The first kappa shape index (κ1) is 14.5. The van der Waals surface area contributed by atoms with Crippen molar-refractivity contribution < 1.29 is 4.79 Å². The van der Waals surface area contributed by atoms with E-state index in [0.717, 1.165) is 25.9 Å². The monoisotopic (exact) mass is 241 g/mol. The number of nitrogens with two attached hydrogens (primary N) is 1. The minimum atomic E-state index is -0.0218. The van der Waals surface area contributed by atoms with E-state index in [1.165, 1.54) is 0 Å². The summed E-state index contributed by atoms with van der Waals surface area (Å²) < 4.78 is 0. The number of hydrogen-bond acceptors (Lipinski definition) is 3. The zero-order chi connectivity index (χ0) is 13.0. The van der Waals surface area contributed by atoms with Crippen molar-refractivity contribution in [2.45, 2.75) is 58.7 Å². The average Bonchev–Trinajstić information content (AvgIpc) is 2.27. The maximum absolute atomic E-state index is 11.9. The van der Waals surface area contributed by atoms with E-state index in [2.05, 4.69) is 17.1 Å². The van der Waals surface area contributed by atoms with Crippen molar-refractivity contribution in [3.8, 4) is 0 Å². The fraction of sp³-hybridized carbons (Fsp3) is 0.923. The molecular formula is C13H27N3O. The Hall–Kier alpha value is -0.610. The van der Waals surface area contributed by atoms with Crippen LogP contribution in [0.4, 0.5) is 0 Å². The molecule has 1 rings (SSSR count). The molecule has 1 heterocycles. The summed E-state index contributed by atoms with van der Waals surface area (Å²) >= 11 is 0. The van der Waals surface area contributed by atoms with Crippen molar-refractivity contribution in [1.82, 2.24) is 10.2 Å².